The van der Waals surface area contributed by atoms with Crippen molar-refractivity contribution in [2.75, 3.05) is 5.32 Å². The number of rotatable bonds is 3. The van der Waals surface area contributed by atoms with Gasteiger partial charge in [-0.25, -0.2) is 0 Å². The summed E-state index contributed by atoms with van der Waals surface area (Å²) in [6.45, 7) is 0. The molecule has 0 atom stereocenters. The average Bonchev–Trinajstić information content (AvgIpc) is 2.42. The van der Waals surface area contributed by atoms with Crippen LogP contribution >= 0.6 is 0 Å². The number of phenols is 2. The molecule has 0 aromatic heterocycles. The zero-order chi connectivity index (χ0) is 13.8. The van der Waals surface area contributed by atoms with Crippen molar-refractivity contribution in [1.29, 1.82) is 0 Å². The van der Waals surface area contributed by atoms with Crippen LogP contribution in [-0.4, -0.2) is 22.4 Å². The van der Waals surface area contributed by atoms with E-state index in [0.717, 1.165) is 0 Å². The fraction of sp³-hybridized carbons (Fsp3) is 0. The van der Waals surface area contributed by atoms with Crippen LogP contribution in [0.5, 0.6) is 11.5 Å². The topological polar surface area (TPSA) is 86.6 Å². The van der Waals surface area contributed by atoms with E-state index in [-0.39, 0.29) is 11.3 Å². The molecule has 0 spiro atoms. The molecule has 0 aliphatic carbocycles. The number of carbonyl (C=O) groups is 2. The predicted molar refractivity (Wildman–Crippen MR) is 69.6 cm³/mol. The minimum Gasteiger partial charge on any atom is -0.504 e. The zero-order valence-electron chi connectivity index (χ0n) is 9.83. The van der Waals surface area contributed by atoms with Gasteiger partial charge in [0, 0.05) is 11.3 Å². The highest BCUT2D eigenvalue weighted by molar-refractivity contribution is 6.06. The standard InChI is InChI=1S/C14H11NO4/c16-8-9-3-1-4-10(7-9)15-14(19)11-5-2-6-12(17)13(11)18/h1-8,17-18H,(H,15,19). The Hall–Kier alpha value is -2.82. The molecule has 0 saturated carbocycles. The first-order chi connectivity index (χ1) is 9.11. The monoisotopic (exact) mass is 257 g/mol. The molecule has 5 heteroatoms. The Bertz CT molecular complexity index is 637. The van der Waals surface area contributed by atoms with Crippen molar-refractivity contribution in [2.45, 2.75) is 0 Å². The van der Waals surface area contributed by atoms with Crippen LogP contribution in [-0.2, 0) is 0 Å². The molecule has 2 aromatic rings. The summed E-state index contributed by atoms with van der Waals surface area (Å²) in [5, 5.41) is 21.4. The van der Waals surface area contributed by atoms with E-state index in [9.17, 15) is 19.8 Å². The lowest BCUT2D eigenvalue weighted by molar-refractivity contribution is 0.102. The van der Waals surface area contributed by atoms with E-state index in [4.69, 9.17) is 0 Å². The van der Waals surface area contributed by atoms with Crippen molar-refractivity contribution in [3.63, 3.8) is 0 Å². The number of aldehydes is 1. The van der Waals surface area contributed by atoms with Crippen LogP contribution < -0.4 is 5.32 Å². The maximum atomic E-state index is 11.9. The van der Waals surface area contributed by atoms with Crippen LogP contribution in [0.2, 0.25) is 0 Å². The van der Waals surface area contributed by atoms with E-state index in [1.807, 2.05) is 0 Å². The molecule has 2 aromatic carbocycles. The van der Waals surface area contributed by atoms with Gasteiger partial charge in [-0.3, -0.25) is 9.59 Å². The summed E-state index contributed by atoms with van der Waals surface area (Å²) in [4.78, 5) is 22.5. The molecule has 1 amide bonds. The van der Waals surface area contributed by atoms with Crippen LogP contribution in [0.1, 0.15) is 20.7 Å². The lowest BCUT2D eigenvalue weighted by Crippen LogP contribution is -2.12. The van der Waals surface area contributed by atoms with Gasteiger partial charge in [0.05, 0.1) is 5.56 Å². The third-order valence-corrected chi connectivity index (χ3v) is 2.54. The Morgan fingerprint density at radius 2 is 1.84 bits per heavy atom. The molecule has 0 unspecified atom stereocenters. The quantitative estimate of drug-likeness (QED) is 0.581. The van der Waals surface area contributed by atoms with Crippen LogP contribution in [0, 0.1) is 0 Å². The first-order valence-electron chi connectivity index (χ1n) is 5.49. The Labute approximate surface area is 109 Å². The number of carbonyl (C=O) groups excluding carboxylic acids is 2. The van der Waals surface area contributed by atoms with Crippen molar-refractivity contribution in [2.24, 2.45) is 0 Å². The van der Waals surface area contributed by atoms with E-state index in [1.165, 1.54) is 24.3 Å². The first kappa shape index (κ1) is 12.6. The van der Waals surface area contributed by atoms with Crippen LogP contribution in [0.4, 0.5) is 5.69 Å². The van der Waals surface area contributed by atoms with Crippen LogP contribution in [0.15, 0.2) is 42.5 Å². The second-order valence-corrected chi connectivity index (χ2v) is 3.87. The second kappa shape index (κ2) is 5.22. The highest BCUT2D eigenvalue weighted by Gasteiger charge is 2.13. The number of nitrogens with one attached hydrogen (secondary N) is 1. The zero-order valence-corrected chi connectivity index (χ0v) is 9.83. The van der Waals surface area contributed by atoms with E-state index < -0.39 is 11.7 Å². The largest absolute Gasteiger partial charge is 0.504 e. The van der Waals surface area contributed by atoms with Crippen molar-refractivity contribution >= 4 is 17.9 Å². The number of para-hydroxylation sites is 1. The maximum Gasteiger partial charge on any atom is 0.259 e. The van der Waals surface area contributed by atoms with Gasteiger partial charge in [-0.2, -0.15) is 0 Å². The fourth-order valence-corrected chi connectivity index (χ4v) is 1.60. The summed E-state index contributed by atoms with van der Waals surface area (Å²) >= 11 is 0. The van der Waals surface area contributed by atoms with Crippen LogP contribution in [0.3, 0.4) is 0 Å². The second-order valence-electron chi connectivity index (χ2n) is 3.87. The summed E-state index contributed by atoms with van der Waals surface area (Å²) in [6, 6.07) is 10.5. The van der Waals surface area contributed by atoms with E-state index in [0.29, 0.717) is 17.5 Å². The SMILES string of the molecule is O=Cc1cccc(NC(=O)c2cccc(O)c2O)c1. The molecule has 3 N–H and O–H groups in total. The summed E-state index contributed by atoms with van der Waals surface area (Å²) in [5.74, 6) is -1.42. The van der Waals surface area contributed by atoms with Crippen molar-refractivity contribution in [3.8, 4) is 11.5 Å². The summed E-state index contributed by atoms with van der Waals surface area (Å²) in [5.41, 5.74) is 0.812. The average molecular weight is 257 g/mol. The third-order valence-electron chi connectivity index (χ3n) is 2.54. The van der Waals surface area contributed by atoms with Gasteiger partial charge >= 0.3 is 0 Å². The predicted octanol–water partition coefficient (Wildman–Crippen LogP) is 2.16. The smallest absolute Gasteiger partial charge is 0.259 e. The number of benzene rings is 2. The maximum absolute atomic E-state index is 11.9. The van der Waals surface area contributed by atoms with Crippen LogP contribution in [0.25, 0.3) is 0 Å². The molecule has 0 aliphatic rings. The molecule has 0 fully saturated rings. The summed E-state index contributed by atoms with van der Waals surface area (Å²) in [6.07, 6.45) is 0.668. The third kappa shape index (κ3) is 2.71. The Balaban J connectivity index is 2.25. The lowest BCUT2D eigenvalue weighted by Gasteiger charge is -2.08. The number of phenolic OH excluding ortho intramolecular Hbond substituents is 2. The van der Waals surface area contributed by atoms with Crippen molar-refractivity contribution < 1.29 is 19.8 Å². The number of aromatic hydroxyl groups is 2. The summed E-state index contributed by atoms with van der Waals surface area (Å²) < 4.78 is 0. The highest BCUT2D eigenvalue weighted by atomic mass is 16.3. The molecule has 0 bridgehead atoms. The van der Waals surface area contributed by atoms with E-state index >= 15 is 0 Å². The van der Waals surface area contributed by atoms with Gasteiger partial charge in [0.15, 0.2) is 11.5 Å². The van der Waals surface area contributed by atoms with E-state index in [1.54, 1.807) is 18.2 Å². The van der Waals surface area contributed by atoms with Crippen molar-refractivity contribution in [1.82, 2.24) is 0 Å². The molecule has 0 saturated heterocycles. The fourth-order valence-electron chi connectivity index (χ4n) is 1.60. The van der Waals surface area contributed by atoms with Gasteiger partial charge in [-0.15, -0.1) is 0 Å². The van der Waals surface area contributed by atoms with Gasteiger partial charge in [0.1, 0.15) is 6.29 Å². The number of hydrogen-bond donors (Lipinski definition) is 3. The van der Waals surface area contributed by atoms with Crippen molar-refractivity contribution in [3.05, 3.63) is 53.6 Å². The number of anilines is 1. The van der Waals surface area contributed by atoms with Gasteiger partial charge < -0.3 is 15.5 Å². The van der Waals surface area contributed by atoms with E-state index in [2.05, 4.69) is 5.32 Å². The molecule has 5 nitrogen and oxygen atoms in total. The lowest BCUT2D eigenvalue weighted by atomic mass is 10.1. The Morgan fingerprint density at radius 3 is 2.58 bits per heavy atom. The molecule has 0 heterocycles. The highest BCUT2D eigenvalue weighted by Crippen LogP contribution is 2.28. The molecular formula is C14H11NO4. The normalized spacial score (nSPS) is 9.89. The molecule has 0 radical (unpaired) electrons. The Kier molecular flexibility index (Phi) is 3.47. The molecule has 19 heavy (non-hydrogen) atoms. The van der Waals surface area contributed by atoms with Gasteiger partial charge in [0.25, 0.3) is 5.91 Å². The van der Waals surface area contributed by atoms with Gasteiger partial charge in [0.2, 0.25) is 0 Å². The Morgan fingerprint density at radius 1 is 1.11 bits per heavy atom. The molecule has 0 aliphatic heterocycles. The minimum atomic E-state index is -0.573. The summed E-state index contributed by atoms with van der Waals surface area (Å²) in [7, 11) is 0. The van der Waals surface area contributed by atoms with Gasteiger partial charge in [-0.05, 0) is 24.3 Å². The molecular weight excluding hydrogens is 246 g/mol. The molecule has 2 rings (SSSR count). The number of amides is 1. The first-order valence-corrected chi connectivity index (χ1v) is 5.49. The molecule has 96 valence electrons. The number of hydrogen-bond acceptors (Lipinski definition) is 4. The minimum absolute atomic E-state index is 0.0449. The van der Waals surface area contributed by atoms with Gasteiger partial charge in [-0.1, -0.05) is 18.2 Å².